The fourth-order valence-electron chi connectivity index (χ4n) is 3.40. The monoisotopic (exact) mass is 416 g/mol. The summed E-state index contributed by atoms with van der Waals surface area (Å²) >= 11 is 5.87. The van der Waals surface area contributed by atoms with Crippen LogP contribution in [0.15, 0.2) is 47.4 Å². The van der Waals surface area contributed by atoms with Gasteiger partial charge in [0.2, 0.25) is 0 Å². The SMILES string of the molecule is CCOC1C[C@@](c2cc(F)ccc2F)(S(=O)(=O)c2ccc(Cl)cc2)CCO1. The number of benzene rings is 2. The quantitative estimate of drug-likeness (QED) is 0.722. The van der Waals surface area contributed by atoms with Crippen molar-refractivity contribution in [3.63, 3.8) is 0 Å². The third-order valence-corrected chi connectivity index (χ3v) is 7.48. The van der Waals surface area contributed by atoms with Gasteiger partial charge in [-0.1, -0.05) is 11.6 Å². The number of ether oxygens (including phenoxy) is 2. The molecule has 8 heteroatoms. The maximum atomic E-state index is 14.7. The van der Waals surface area contributed by atoms with E-state index in [0.717, 1.165) is 18.2 Å². The zero-order chi connectivity index (χ0) is 19.7. The Balaban J connectivity index is 2.21. The van der Waals surface area contributed by atoms with Crippen LogP contribution < -0.4 is 0 Å². The zero-order valence-corrected chi connectivity index (χ0v) is 16.2. The Hall–Kier alpha value is -1.54. The molecule has 1 heterocycles. The number of hydrogen-bond donors (Lipinski definition) is 0. The van der Waals surface area contributed by atoms with Gasteiger partial charge >= 0.3 is 0 Å². The molecule has 3 rings (SSSR count). The summed E-state index contributed by atoms with van der Waals surface area (Å²) in [7, 11) is -4.11. The molecular weight excluding hydrogens is 398 g/mol. The van der Waals surface area contributed by atoms with Crippen LogP contribution in [-0.4, -0.2) is 27.9 Å². The van der Waals surface area contributed by atoms with Crippen LogP contribution in [0, 0.1) is 11.6 Å². The van der Waals surface area contributed by atoms with E-state index in [4.69, 9.17) is 21.1 Å². The van der Waals surface area contributed by atoms with E-state index in [9.17, 15) is 17.2 Å². The Morgan fingerprint density at radius 3 is 2.59 bits per heavy atom. The maximum Gasteiger partial charge on any atom is 0.188 e. The molecule has 1 saturated heterocycles. The van der Waals surface area contributed by atoms with Gasteiger partial charge in [0, 0.05) is 23.6 Å². The summed E-state index contributed by atoms with van der Waals surface area (Å²) in [6.07, 6.45) is -1.01. The van der Waals surface area contributed by atoms with Crippen LogP contribution in [0.25, 0.3) is 0 Å². The molecule has 1 fully saturated rings. The first-order valence-corrected chi connectivity index (χ1v) is 10.4. The smallest absolute Gasteiger partial charge is 0.188 e. The predicted octanol–water partition coefficient (Wildman–Crippen LogP) is 4.46. The summed E-state index contributed by atoms with van der Waals surface area (Å²) < 4.78 is 65.0. The third kappa shape index (κ3) is 3.74. The van der Waals surface area contributed by atoms with Gasteiger partial charge in [-0.2, -0.15) is 0 Å². The minimum atomic E-state index is -4.11. The highest BCUT2D eigenvalue weighted by Crippen LogP contribution is 2.46. The zero-order valence-electron chi connectivity index (χ0n) is 14.6. The minimum Gasteiger partial charge on any atom is -0.353 e. The van der Waals surface area contributed by atoms with E-state index in [1.807, 2.05) is 0 Å². The largest absolute Gasteiger partial charge is 0.353 e. The summed E-state index contributed by atoms with van der Waals surface area (Å²) in [5.41, 5.74) is -0.217. The fourth-order valence-corrected chi connectivity index (χ4v) is 5.62. The topological polar surface area (TPSA) is 52.6 Å². The lowest BCUT2D eigenvalue weighted by Gasteiger charge is -2.40. The molecule has 0 aliphatic carbocycles. The number of hydrogen-bond acceptors (Lipinski definition) is 4. The third-order valence-electron chi connectivity index (χ3n) is 4.72. The highest BCUT2D eigenvalue weighted by Gasteiger charge is 2.51. The van der Waals surface area contributed by atoms with Gasteiger partial charge in [-0.05, 0) is 55.8 Å². The van der Waals surface area contributed by atoms with Crippen LogP contribution in [-0.2, 0) is 24.1 Å². The lowest BCUT2D eigenvalue weighted by Crippen LogP contribution is -2.46. The Labute approximate surface area is 162 Å². The second kappa shape index (κ2) is 7.83. The normalized spacial score (nSPS) is 23.3. The van der Waals surface area contributed by atoms with Crippen molar-refractivity contribution < 1.29 is 26.7 Å². The van der Waals surface area contributed by atoms with E-state index in [-0.39, 0.29) is 29.9 Å². The molecular formula is C19H19ClF2O4S. The van der Waals surface area contributed by atoms with Crippen molar-refractivity contribution in [2.75, 3.05) is 13.2 Å². The molecule has 146 valence electrons. The molecule has 0 amide bonds. The van der Waals surface area contributed by atoms with Gasteiger partial charge < -0.3 is 9.47 Å². The highest BCUT2D eigenvalue weighted by atomic mass is 35.5. The number of rotatable bonds is 5. The van der Waals surface area contributed by atoms with Gasteiger partial charge in [-0.3, -0.25) is 0 Å². The van der Waals surface area contributed by atoms with E-state index in [2.05, 4.69) is 0 Å². The fraction of sp³-hybridized carbons (Fsp3) is 0.368. The predicted molar refractivity (Wildman–Crippen MR) is 97.3 cm³/mol. The summed E-state index contributed by atoms with van der Waals surface area (Å²) in [6, 6.07) is 8.46. The first kappa shape index (κ1) is 20.2. The molecule has 0 bridgehead atoms. The van der Waals surface area contributed by atoms with Crippen molar-refractivity contribution in [1.82, 2.24) is 0 Å². The molecule has 1 aliphatic heterocycles. The van der Waals surface area contributed by atoms with E-state index in [0.29, 0.717) is 11.6 Å². The second-order valence-corrected chi connectivity index (χ2v) is 8.98. The van der Waals surface area contributed by atoms with Crippen LogP contribution >= 0.6 is 11.6 Å². The van der Waals surface area contributed by atoms with Crippen LogP contribution in [0.4, 0.5) is 8.78 Å². The van der Waals surface area contributed by atoms with Gasteiger partial charge in [0.15, 0.2) is 16.1 Å². The minimum absolute atomic E-state index is 0.0206. The first-order chi connectivity index (χ1) is 12.8. The Bertz CT molecular complexity index is 916. The van der Waals surface area contributed by atoms with Crippen LogP contribution in [0.2, 0.25) is 5.02 Å². The number of halogens is 3. The molecule has 1 aliphatic rings. The Kier molecular flexibility index (Phi) is 5.86. The van der Waals surface area contributed by atoms with Crippen LogP contribution in [0.5, 0.6) is 0 Å². The lowest BCUT2D eigenvalue weighted by atomic mass is 9.89. The van der Waals surface area contributed by atoms with Gasteiger partial charge in [-0.15, -0.1) is 0 Å². The number of sulfone groups is 1. The molecule has 0 N–H and O–H groups in total. The molecule has 2 atom stereocenters. The summed E-state index contributed by atoms with van der Waals surface area (Å²) in [5, 5.41) is 0.374. The summed E-state index contributed by atoms with van der Waals surface area (Å²) in [5.74, 6) is -1.50. The van der Waals surface area contributed by atoms with E-state index >= 15 is 0 Å². The molecule has 2 aromatic rings. The molecule has 0 aromatic heterocycles. The van der Waals surface area contributed by atoms with Crippen molar-refractivity contribution in [3.05, 3.63) is 64.7 Å². The van der Waals surface area contributed by atoms with Gasteiger partial charge in [-0.25, -0.2) is 17.2 Å². The van der Waals surface area contributed by atoms with E-state index in [1.54, 1.807) is 6.92 Å². The van der Waals surface area contributed by atoms with Crippen LogP contribution in [0.3, 0.4) is 0 Å². The Morgan fingerprint density at radius 2 is 1.93 bits per heavy atom. The lowest BCUT2D eigenvalue weighted by molar-refractivity contribution is -0.168. The average molecular weight is 417 g/mol. The van der Waals surface area contributed by atoms with Crippen molar-refractivity contribution in [1.29, 1.82) is 0 Å². The molecule has 0 saturated carbocycles. The molecule has 0 radical (unpaired) electrons. The van der Waals surface area contributed by atoms with Crippen molar-refractivity contribution in [3.8, 4) is 0 Å². The molecule has 4 nitrogen and oxygen atoms in total. The van der Waals surface area contributed by atoms with Gasteiger partial charge in [0.1, 0.15) is 16.4 Å². The molecule has 27 heavy (non-hydrogen) atoms. The molecule has 1 unspecified atom stereocenters. The van der Waals surface area contributed by atoms with Crippen molar-refractivity contribution in [2.45, 2.75) is 35.7 Å². The van der Waals surface area contributed by atoms with Crippen LogP contribution in [0.1, 0.15) is 25.3 Å². The molecule has 0 spiro atoms. The van der Waals surface area contributed by atoms with E-state index in [1.165, 1.54) is 24.3 Å². The van der Waals surface area contributed by atoms with Gasteiger partial charge in [0.05, 0.1) is 11.5 Å². The van der Waals surface area contributed by atoms with E-state index < -0.39 is 32.5 Å². The highest BCUT2D eigenvalue weighted by molar-refractivity contribution is 7.92. The summed E-state index contributed by atoms with van der Waals surface area (Å²) in [6.45, 7) is 2.08. The van der Waals surface area contributed by atoms with Gasteiger partial charge in [0.25, 0.3) is 0 Å². The van der Waals surface area contributed by atoms with Crippen molar-refractivity contribution >= 4 is 21.4 Å². The summed E-state index contributed by atoms with van der Waals surface area (Å²) in [4.78, 5) is -0.0206. The molecule has 2 aromatic carbocycles. The maximum absolute atomic E-state index is 14.7. The van der Waals surface area contributed by atoms with Crippen molar-refractivity contribution in [2.24, 2.45) is 0 Å². The second-order valence-electron chi connectivity index (χ2n) is 6.29. The standard InChI is InChI=1S/C19H19ClF2O4S/c1-2-25-18-12-19(9-10-26-18,16-11-14(21)5-8-17(16)22)27(23,24)15-6-3-13(20)4-7-15/h3-8,11,18H,2,9-10,12H2,1H3/t18?,19-/m0/s1. The average Bonchev–Trinajstić information content (AvgIpc) is 2.64. The first-order valence-electron chi connectivity index (χ1n) is 8.49. The Morgan fingerprint density at radius 1 is 1.22 bits per heavy atom.